The molecule has 3 heteroatoms. The topological polar surface area (TPSA) is 29.5 Å². The Kier molecular flexibility index (Phi) is 3.22. The number of hydrogen-bond acceptors (Lipinski definition) is 2. The molecule has 0 aromatic heterocycles. The van der Waals surface area contributed by atoms with Crippen LogP contribution in [0.25, 0.3) is 0 Å². The highest BCUT2D eigenvalue weighted by Gasteiger charge is 2.20. The summed E-state index contributed by atoms with van der Waals surface area (Å²) in [6, 6.07) is 12.1. The molecule has 19 heavy (non-hydrogen) atoms. The van der Waals surface area contributed by atoms with Crippen molar-refractivity contribution >= 4 is 0 Å². The van der Waals surface area contributed by atoms with E-state index in [0.717, 1.165) is 28.9 Å². The standard InChI is InChI=1S/C16H15FO2/c17-13-6-4-11(5-7-13)10-15(18)14-3-1-2-12-8-9-19-16(12)14/h1-7,15,18H,8-10H2. The third kappa shape index (κ3) is 2.47. The number of fused-ring (bicyclic) bond motifs is 1. The zero-order chi connectivity index (χ0) is 13.2. The van der Waals surface area contributed by atoms with Gasteiger partial charge in [-0.1, -0.05) is 30.3 Å². The maximum absolute atomic E-state index is 12.8. The van der Waals surface area contributed by atoms with Crippen LogP contribution in [-0.2, 0) is 12.8 Å². The van der Waals surface area contributed by atoms with Crippen LogP contribution in [0.3, 0.4) is 0 Å². The largest absolute Gasteiger partial charge is 0.493 e. The van der Waals surface area contributed by atoms with Crippen LogP contribution in [0.2, 0.25) is 0 Å². The highest BCUT2D eigenvalue weighted by molar-refractivity contribution is 5.45. The van der Waals surface area contributed by atoms with E-state index < -0.39 is 6.10 Å². The first-order valence-electron chi connectivity index (χ1n) is 6.41. The van der Waals surface area contributed by atoms with Crippen molar-refractivity contribution in [2.75, 3.05) is 6.61 Å². The number of aliphatic hydroxyl groups excluding tert-OH is 1. The molecule has 0 spiro atoms. The normalized spacial score (nSPS) is 14.8. The second-order valence-corrected chi connectivity index (χ2v) is 4.78. The number of rotatable bonds is 3. The second kappa shape index (κ2) is 5.02. The molecule has 1 unspecified atom stereocenters. The van der Waals surface area contributed by atoms with Gasteiger partial charge in [0.2, 0.25) is 0 Å². The minimum absolute atomic E-state index is 0.262. The van der Waals surface area contributed by atoms with Crippen molar-refractivity contribution in [3.63, 3.8) is 0 Å². The van der Waals surface area contributed by atoms with E-state index in [1.807, 2.05) is 18.2 Å². The maximum atomic E-state index is 12.8. The number of ether oxygens (including phenoxy) is 1. The summed E-state index contributed by atoms with van der Waals surface area (Å²) in [5.41, 5.74) is 2.87. The van der Waals surface area contributed by atoms with Crippen LogP contribution in [0.1, 0.15) is 22.8 Å². The fraction of sp³-hybridized carbons (Fsp3) is 0.250. The van der Waals surface area contributed by atoms with Gasteiger partial charge < -0.3 is 9.84 Å². The summed E-state index contributed by atoms with van der Waals surface area (Å²) in [6.45, 7) is 0.676. The lowest BCUT2D eigenvalue weighted by molar-refractivity contribution is 0.173. The molecule has 0 fully saturated rings. The van der Waals surface area contributed by atoms with Gasteiger partial charge >= 0.3 is 0 Å². The van der Waals surface area contributed by atoms with Crippen molar-refractivity contribution in [3.05, 3.63) is 65.0 Å². The Morgan fingerprint density at radius 1 is 1.16 bits per heavy atom. The van der Waals surface area contributed by atoms with Gasteiger partial charge in [0.25, 0.3) is 0 Å². The predicted molar refractivity (Wildman–Crippen MR) is 70.7 cm³/mol. The highest BCUT2D eigenvalue weighted by Crippen LogP contribution is 2.34. The van der Waals surface area contributed by atoms with Gasteiger partial charge in [0.15, 0.2) is 0 Å². The van der Waals surface area contributed by atoms with Crippen LogP contribution in [0, 0.1) is 5.82 Å². The van der Waals surface area contributed by atoms with Crippen LogP contribution < -0.4 is 4.74 Å². The molecule has 0 aliphatic carbocycles. The Bertz CT molecular complexity index is 578. The summed E-state index contributed by atoms with van der Waals surface area (Å²) in [5.74, 6) is 0.555. The summed E-state index contributed by atoms with van der Waals surface area (Å²) in [5, 5.41) is 10.3. The Hall–Kier alpha value is -1.87. The van der Waals surface area contributed by atoms with E-state index in [0.29, 0.717) is 13.0 Å². The van der Waals surface area contributed by atoms with Crippen molar-refractivity contribution in [2.45, 2.75) is 18.9 Å². The van der Waals surface area contributed by atoms with E-state index in [1.165, 1.54) is 12.1 Å². The Morgan fingerprint density at radius 2 is 1.95 bits per heavy atom. The van der Waals surface area contributed by atoms with E-state index in [9.17, 15) is 9.50 Å². The van der Waals surface area contributed by atoms with Crippen LogP contribution in [0.5, 0.6) is 5.75 Å². The van der Waals surface area contributed by atoms with Crippen LogP contribution in [-0.4, -0.2) is 11.7 Å². The summed E-state index contributed by atoms with van der Waals surface area (Å²) >= 11 is 0. The van der Waals surface area contributed by atoms with Crippen LogP contribution >= 0.6 is 0 Å². The second-order valence-electron chi connectivity index (χ2n) is 4.78. The van der Waals surface area contributed by atoms with E-state index in [-0.39, 0.29) is 5.82 Å². The van der Waals surface area contributed by atoms with Crippen molar-refractivity contribution < 1.29 is 14.2 Å². The van der Waals surface area contributed by atoms with Crippen LogP contribution in [0.15, 0.2) is 42.5 Å². The number of halogens is 1. The van der Waals surface area contributed by atoms with Gasteiger partial charge in [-0.2, -0.15) is 0 Å². The molecular formula is C16H15FO2. The monoisotopic (exact) mass is 258 g/mol. The zero-order valence-corrected chi connectivity index (χ0v) is 10.5. The van der Waals surface area contributed by atoms with Crippen molar-refractivity contribution in [3.8, 4) is 5.75 Å². The number of para-hydroxylation sites is 1. The lowest BCUT2D eigenvalue weighted by atomic mass is 9.98. The molecule has 2 nitrogen and oxygen atoms in total. The van der Waals surface area contributed by atoms with E-state index >= 15 is 0 Å². The Balaban J connectivity index is 1.83. The lowest BCUT2D eigenvalue weighted by Gasteiger charge is -2.14. The molecule has 1 aliphatic rings. The molecule has 98 valence electrons. The summed E-state index contributed by atoms with van der Waals surface area (Å²) in [4.78, 5) is 0. The number of benzene rings is 2. The highest BCUT2D eigenvalue weighted by atomic mass is 19.1. The molecule has 1 heterocycles. The molecule has 0 bridgehead atoms. The molecule has 1 aliphatic heterocycles. The van der Waals surface area contributed by atoms with Gasteiger partial charge in [0.1, 0.15) is 11.6 Å². The van der Waals surface area contributed by atoms with Gasteiger partial charge in [-0.15, -0.1) is 0 Å². The minimum Gasteiger partial charge on any atom is -0.493 e. The van der Waals surface area contributed by atoms with Crippen molar-refractivity contribution in [1.82, 2.24) is 0 Å². The average Bonchev–Trinajstić information content (AvgIpc) is 2.89. The summed E-state index contributed by atoms with van der Waals surface area (Å²) < 4.78 is 18.4. The molecular weight excluding hydrogens is 243 g/mol. The van der Waals surface area contributed by atoms with Gasteiger partial charge in [0.05, 0.1) is 12.7 Å². The SMILES string of the molecule is OC(Cc1ccc(F)cc1)c1cccc2c1OCC2. The smallest absolute Gasteiger partial charge is 0.128 e. The summed E-state index contributed by atoms with van der Waals surface area (Å²) in [6.07, 6.45) is 0.727. The molecule has 2 aromatic carbocycles. The zero-order valence-electron chi connectivity index (χ0n) is 10.5. The first-order chi connectivity index (χ1) is 9.24. The molecule has 0 amide bonds. The molecule has 3 rings (SSSR count). The predicted octanol–water partition coefficient (Wildman–Crippen LogP) is 3.04. The number of hydrogen-bond donors (Lipinski definition) is 1. The lowest BCUT2D eigenvalue weighted by Crippen LogP contribution is -2.04. The first kappa shape index (κ1) is 12.2. The van der Waals surface area contributed by atoms with Gasteiger partial charge in [0, 0.05) is 18.4 Å². The average molecular weight is 258 g/mol. The van der Waals surface area contributed by atoms with Gasteiger partial charge in [-0.05, 0) is 23.3 Å². The summed E-state index contributed by atoms with van der Waals surface area (Å²) in [7, 11) is 0. The molecule has 2 aromatic rings. The van der Waals surface area contributed by atoms with Crippen LogP contribution in [0.4, 0.5) is 4.39 Å². The minimum atomic E-state index is -0.626. The number of aliphatic hydroxyl groups is 1. The van der Waals surface area contributed by atoms with E-state index in [1.54, 1.807) is 12.1 Å². The van der Waals surface area contributed by atoms with E-state index in [4.69, 9.17) is 4.74 Å². The van der Waals surface area contributed by atoms with Crippen molar-refractivity contribution in [2.24, 2.45) is 0 Å². The Labute approximate surface area is 111 Å². The Morgan fingerprint density at radius 3 is 2.74 bits per heavy atom. The van der Waals surface area contributed by atoms with Crippen molar-refractivity contribution in [1.29, 1.82) is 0 Å². The third-order valence-corrected chi connectivity index (χ3v) is 3.45. The van der Waals surface area contributed by atoms with E-state index in [2.05, 4.69) is 0 Å². The third-order valence-electron chi connectivity index (χ3n) is 3.45. The van der Waals surface area contributed by atoms with Gasteiger partial charge in [-0.3, -0.25) is 0 Å². The molecule has 1 atom stereocenters. The molecule has 0 saturated heterocycles. The fourth-order valence-corrected chi connectivity index (χ4v) is 2.46. The first-order valence-corrected chi connectivity index (χ1v) is 6.41. The maximum Gasteiger partial charge on any atom is 0.128 e. The fourth-order valence-electron chi connectivity index (χ4n) is 2.46. The molecule has 1 N–H and O–H groups in total. The molecule has 0 radical (unpaired) electrons. The quantitative estimate of drug-likeness (QED) is 0.917. The molecule has 0 saturated carbocycles. The van der Waals surface area contributed by atoms with Gasteiger partial charge in [-0.25, -0.2) is 4.39 Å².